The third-order valence-electron chi connectivity index (χ3n) is 8.44. The van der Waals surface area contributed by atoms with E-state index in [1.807, 2.05) is 66.7 Å². The molecule has 0 heterocycles. The Hall–Kier alpha value is -4.91. The zero-order chi connectivity index (χ0) is 40.3. The fourth-order valence-electron chi connectivity index (χ4n) is 5.29. The van der Waals surface area contributed by atoms with Gasteiger partial charge in [-0.1, -0.05) is 68.5 Å². The summed E-state index contributed by atoms with van der Waals surface area (Å²) in [4.78, 5) is 65.5. The molecule has 54 heavy (non-hydrogen) atoms. The van der Waals surface area contributed by atoms with Gasteiger partial charge in [0.1, 0.15) is 29.5 Å². The van der Waals surface area contributed by atoms with Crippen molar-refractivity contribution in [2.45, 2.75) is 111 Å². The zero-order valence-electron chi connectivity index (χ0n) is 33.2. The number of amides is 4. The first kappa shape index (κ1) is 45.2. The molecule has 0 aliphatic rings. The number of hydrogen-bond donors (Lipinski definition) is 4. The number of alkyl carbamates (subject to hydrolysis) is 1. The molecule has 0 unspecified atom stereocenters. The van der Waals surface area contributed by atoms with Crippen LogP contribution >= 0.6 is 0 Å². The quantitative estimate of drug-likeness (QED) is 0.0778. The van der Waals surface area contributed by atoms with Gasteiger partial charge >= 0.3 is 12.1 Å². The Morgan fingerprint density at radius 2 is 1.43 bits per heavy atom. The molecule has 13 nitrogen and oxygen atoms in total. The molecule has 0 aromatic heterocycles. The number of ether oxygens (including phenoxy) is 4. The van der Waals surface area contributed by atoms with Gasteiger partial charge in [-0.15, -0.1) is 0 Å². The van der Waals surface area contributed by atoms with Crippen LogP contribution in [0, 0.1) is 11.8 Å². The smallest absolute Gasteiger partial charge is 0.408 e. The van der Waals surface area contributed by atoms with Crippen molar-refractivity contribution < 1.29 is 42.9 Å². The van der Waals surface area contributed by atoms with E-state index < -0.39 is 65.5 Å². The fraction of sp³-hybridized carbons (Fsp3) is 0.537. The second-order valence-corrected chi connectivity index (χ2v) is 14.5. The summed E-state index contributed by atoms with van der Waals surface area (Å²) < 4.78 is 21.3. The maximum atomic E-state index is 13.9. The van der Waals surface area contributed by atoms with Gasteiger partial charge in [0, 0.05) is 19.1 Å². The Morgan fingerprint density at radius 3 is 2.02 bits per heavy atom. The topological polar surface area (TPSA) is 170 Å². The second kappa shape index (κ2) is 23.0. The number of nitrogens with one attached hydrogen (secondary N) is 4. The van der Waals surface area contributed by atoms with Crippen LogP contribution in [0.5, 0.6) is 5.75 Å². The first-order chi connectivity index (χ1) is 25.5. The van der Waals surface area contributed by atoms with E-state index >= 15 is 0 Å². The third kappa shape index (κ3) is 16.8. The van der Waals surface area contributed by atoms with Crippen LogP contribution in [0.15, 0.2) is 66.7 Å². The Balaban J connectivity index is 2.08. The number of benzene rings is 2. The predicted molar refractivity (Wildman–Crippen MR) is 206 cm³/mol. The van der Waals surface area contributed by atoms with Gasteiger partial charge in [-0.2, -0.15) is 0 Å². The van der Waals surface area contributed by atoms with Crippen LogP contribution in [0.2, 0.25) is 0 Å². The Labute approximate surface area is 320 Å². The molecule has 0 radical (unpaired) electrons. The van der Waals surface area contributed by atoms with Gasteiger partial charge in [0.25, 0.3) is 0 Å². The lowest BCUT2D eigenvalue weighted by Crippen LogP contribution is -2.58. The molecular formula is C41H60N4O9. The highest BCUT2D eigenvalue weighted by molar-refractivity contribution is 5.94. The van der Waals surface area contributed by atoms with Gasteiger partial charge in [-0.3, -0.25) is 19.2 Å². The summed E-state index contributed by atoms with van der Waals surface area (Å²) in [6, 6.07) is 13.2. The van der Waals surface area contributed by atoms with E-state index in [-0.39, 0.29) is 12.3 Å². The van der Waals surface area contributed by atoms with Crippen molar-refractivity contribution in [3.8, 4) is 5.75 Å². The molecular weight excluding hydrogens is 692 g/mol. The van der Waals surface area contributed by atoms with Crippen molar-refractivity contribution in [1.82, 2.24) is 21.3 Å². The van der Waals surface area contributed by atoms with E-state index in [0.717, 1.165) is 29.7 Å². The molecule has 2 aromatic carbocycles. The van der Waals surface area contributed by atoms with Crippen LogP contribution in [-0.2, 0) is 46.4 Å². The molecule has 4 N–H and O–H groups in total. The van der Waals surface area contributed by atoms with Crippen LogP contribution in [-0.4, -0.2) is 80.4 Å². The summed E-state index contributed by atoms with van der Waals surface area (Å²) in [5.74, 6) is -2.38. The minimum absolute atomic E-state index is 0.152. The summed E-state index contributed by atoms with van der Waals surface area (Å²) in [5, 5.41) is 11.0. The molecule has 5 atom stereocenters. The van der Waals surface area contributed by atoms with E-state index in [0.29, 0.717) is 19.6 Å². The van der Waals surface area contributed by atoms with E-state index in [1.54, 1.807) is 48.7 Å². The van der Waals surface area contributed by atoms with E-state index in [1.165, 1.54) is 14.0 Å². The molecule has 4 amide bonds. The molecule has 298 valence electrons. The Morgan fingerprint density at radius 1 is 0.759 bits per heavy atom. The van der Waals surface area contributed by atoms with Gasteiger partial charge in [0.05, 0.1) is 26.7 Å². The zero-order valence-corrected chi connectivity index (χ0v) is 33.2. The standard InChI is InChI=1S/C41H60N4O9/c1-27(2)35(45-40(50)54-41(5,6)7)38(48)42-29(4)36(46)44-34(25-30-17-13-12-14-18-30)37(47)43-33(28(3)39(49)52-9)19-15-10-11-16-24-53-26-31-20-22-32(51-8)23-21-31/h10,12-15,17-18,20-23,27-29,33-35H,11,16,19,24-26H2,1-9H3,(H,42,48)(H,43,47)(H,44,46)(H,45,50)/b15-10-/t28-,29+,33+,34+,35+/m0/s1. The molecule has 0 bridgehead atoms. The lowest BCUT2D eigenvalue weighted by molar-refractivity contribution is -0.146. The van der Waals surface area contributed by atoms with Crippen molar-refractivity contribution in [2.24, 2.45) is 11.8 Å². The molecule has 13 heteroatoms. The summed E-state index contributed by atoms with van der Waals surface area (Å²) >= 11 is 0. The van der Waals surface area contributed by atoms with Crippen molar-refractivity contribution in [3.63, 3.8) is 0 Å². The first-order valence-corrected chi connectivity index (χ1v) is 18.4. The third-order valence-corrected chi connectivity index (χ3v) is 8.44. The molecule has 0 saturated carbocycles. The number of unbranched alkanes of at least 4 members (excludes halogenated alkanes) is 1. The number of carbonyl (C=O) groups is 5. The van der Waals surface area contributed by atoms with Crippen molar-refractivity contribution in [2.75, 3.05) is 20.8 Å². The highest BCUT2D eigenvalue weighted by Gasteiger charge is 2.32. The number of methoxy groups -OCH3 is 2. The van der Waals surface area contributed by atoms with Gasteiger partial charge in [-0.25, -0.2) is 4.79 Å². The Bertz CT molecular complexity index is 1510. The van der Waals surface area contributed by atoms with Crippen LogP contribution in [0.3, 0.4) is 0 Å². The Kier molecular flexibility index (Phi) is 19.3. The summed E-state index contributed by atoms with van der Waals surface area (Å²) in [6.07, 6.45) is 5.15. The monoisotopic (exact) mass is 752 g/mol. The molecule has 0 saturated heterocycles. The molecule has 0 aliphatic heterocycles. The van der Waals surface area contributed by atoms with Crippen molar-refractivity contribution in [1.29, 1.82) is 0 Å². The summed E-state index contributed by atoms with van der Waals surface area (Å²) in [7, 11) is 2.92. The molecule has 0 fully saturated rings. The lowest BCUT2D eigenvalue weighted by Gasteiger charge is -2.28. The summed E-state index contributed by atoms with van der Waals surface area (Å²) in [5.41, 5.74) is 1.08. The molecule has 2 rings (SSSR count). The van der Waals surface area contributed by atoms with E-state index in [4.69, 9.17) is 18.9 Å². The minimum atomic E-state index is -1.06. The minimum Gasteiger partial charge on any atom is -0.497 e. The maximum Gasteiger partial charge on any atom is 0.408 e. The predicted octanol–water partition coefficient (Wildman–Crippen LogP) is 5.01. The normalized spacial score (nSPS) is 14.3. The largest absolute Gasteiger partial charge is 0.497 e. The SMILES string of the molecule is COC(=O)[C@@H](C)[C@@H](C/C=C\CCCOCc1ccc(OC)cc1)NC(=O)[C@@H](Cc1ccccc1)NC(=O)[C@@H](C)NC(=O)[C@H](NC(=O)OC(C)(C)C)C(C)C. The maximum absolute atomic E-state index is 13.9. The molecule has 0 spiro atoms. The number of rotatable bonds is 21. The summed E-state index contributed by atoms with van der Waals surface area (Å²) in [6.45, 7) is 12.9. The average molecular weight is 753 g/mol. The van der Waals surface area contributed by atoms with Gasteiger partial charge < -0.3 is 40.2 Å². The van der Waals surface area contributed by atoms with Crippen molar-refractivity contribution in [3.05, 3.63) is 77.9 Å². The van der Waals surface area contributed by atoms with Gasteiger partial charge in [-0.05, 0) is 83.1 Å². The van der Waals surface area contributed by atoms with Crippen LogP contribution in [0.1, 0.15) is 78.9 Å². The molecule has 0 aliphatic carbocycles. The van der Waals surface area contributed by atoms with Crippen molar-refractivity contribution >= 4 is 29.8 Å². The van der Waals surface area contributed by atoms with Gasteiger partial charge in [0.2, 0.25) is 17.7 Å². The van der Waals surface area contributed by atoms with Crippen LogP contribution in [0.25, 0.3) is 0 Å². The first-order valence-electron chi connectivity index (χ1n) is 18.4. The van der Waals surface area contributed by atoms with Gasteiger partial charge in [0.15, 0.2) is 0 Å². The lowest BCUT2D eigenvalue weighted by atomic mass is 9.97. The highest BCUT2D eigenvalue weighted by atomic mass is 16.6. The highest BCUT2D eigenvalue weighted by Crippen LogP contribution is 2.15. The number of allylic oxidation sites excluding steroid dienone is 1. The fourth-order valence-corrected chi connectivity index (χ4v) is 5.29. The number of hydrogen-bond acceptors (Lipinski definition) is 9. The molecule has 2 aromatic rings. The second-order valence-electron chi connectivity index (χ2n) is 14.5. The number of esters is 1. The average Bonchev–Trinajstić information content (AvgIpc) is 3.13. The number of carbonyl (C=O) groups excluding carboxylic acids is 5. The van der Waals surface area contributed by atoms with Crippen LogP contribution < -0.4 is 26.0 Å². The van der Waals surface area contributed by atoms with E-state index in [9.17, 15) is 24.0 Å². The van der Waals surface area contributed by atoms with E-state index in [2.05, 4.69) is 21.3 Å². The van der Waals surface area contributed by atoms with Crippen LogP contribution in [0.4, 0.5) is 4.79 Å².